The molecule has 6 heteroatoms. The molecular formula is C17H29N5O. The van der Waals surface area contributed by atoms with Crippen molar-refractivity contribution in [2.24, 2.45) is 0 Å². The molecule has 2 heterocycles. The molecule has 0 bridgehead atoms. The zero-order valence-corrected chi connectivity index (χ0v) is 14.0. The van der Waals surface area contributed by atoms with E-state index in [2.05, 4.69) is 25.5 Å². The molecule has 0 aromatic carbocycles. The Kier molecular flexibility index (Phi) is 6.46. The second-order valence-electron chi connectivity index (χ2n) is 6.48. The summed E-state index contributed by atoms with van der Waals surface area (Å²) in [4.78, 5) is 11.3. The molecular weight excluding hydrogens is 290 g/mol. The number of hydrogen-bond acceptors (Lipinski definition) is 6. The molecule has 1 aliphatic heterocycles. The summed E-state index contributed by atoms with van der Waals surface area (Å²) in [5, 5.41) is 6.92. The lowest BCUT2D eigenvalue weighted by Crippen LogP contribution is -2.39. The lowest BCUT2D eigenvalue weighted by Gasteiger charge is -2.26. The first-order chi connectivity index (χ1) is 11.4. The van der Waals surface area contributed by atoms with E-state index < -0.39 is 0 Å². The highest BCUT2D eigenvalue weighted by Crippen LogP contribution is 2.20. The van der Waals surface area contributed by atoms with E-state index in [1.165, 1.54) is 38.5 Å². The van der Waals surface area contributed by atoms with Crippen LogP contribution in [0.4, 0.5) is 11.8 Å². The third-order valence-electron chi connectivity index (χ3n) is 4.68. The maximum absolute atomic E-state index is 5.37. The molecule has 1 saturated heterocycles. The largest absolute Gasteiger partial charge is 0.379 e. The van der Waals surface area contributed by atoms with Crippen molar-refractivity contribution >= 4 is 11.8 Å². The molecule has 1 saturated carbocycles. The van der Waals surface area contributed by atoms with Gasteiger partial charge in [0.15, 0.2) is 0 Å². The lowest BCUT2D eigenvalue weighted by molar-refractivity contribution is 0.0398. The van der Waals surface area contributed by atoms with Gasteiger partial charge < -0.3 is 15.4 Å². The van der Waals surface area contributed by atoms with Gasteiger partial charge in [-0.2, -0.15) is 4.98 Å². The van der Waals surface area contributed by atoms with Gasteiger partial charge in [-0.1, -0.05) is 25.7 Å². The van der Waals surface area contributed by atoms with Crippen molar-refractivity contribution in [1.29, 1.82) is 0 Å². The Morgan fingerprint density at radius 2 is 1.91 bits per heavy atom. The van der Waals surface area contributed by atoms with E-state index in [0.717, 1.165) is 51.2 Å². The van der Waals surface area contributed by atoms with Crippen molar-refractivity contribution in [3.63, 3.8) is 0 Å². The maximum Gasteiger partial charge on any atom is 0.224 e. The maximum atomic E-state index is 5.37. The molecule has 2 aliphatic rings. The fourth-order valence-corrected chi connectivity index (χ4v) is 3.31. The Hall–Kier alpha value is -1.40. The van der Waals surface area contributed by atoms with Crippen LogP contribution in [0, 0.1) is 0 Å². The van der Waals surface area contributed by atoms with Crippen LogP contribution in [0.1, 0.15) is 38.5 Å². The van der Waals surface area contributed by atoms with Crippen molar-refractivity contribution < 1.29 is 4.74 Å². The van der Waals surface area contributed by atoms with Gasteiger partial charge in [-0.3, -0.25) is 4.90 Å². The predicted molar refractivity (Wildman–Crippen MR) is 92.9 cm³/mol. The molecule has 6 nitrogen and oxygen atoms in total. The highest BCUT2D eigenvalue weighted by Gasteiger charge is 2.13. The molecule has 1 aromatic heterocycles. The number of nitrogens with zero attached hydrogens (tertiary/aromatic N) is 3. The zero-order chi connectivity index (χ0) is 15.7. The van der Waals surface area contributed by atoms with Crippen molar-refractivity contribution in [3.05, 3.63) is 12.3 Å². The lowest BCUT2D eigenvalue weighted by atomic mass is 10.1. The highest BCUT2D eigenvalue weighted by molar-refractivity contribution is 5.40. The standard InChI is InChI=1S/C17H29N5O/c1-2-4-6-15(5-3-1)20-16-7-8-18-17(21-16)19-9-10-22-11-13-23-14-12-22/h7-8,15H,1-6,9-14H2,(H2,18,19,20,21). The van der Waals surface area contributed by atoms with E-state index in [1.54, 1.807) is 0 Å². The fraction of sp³-hybridized carbons (Fsp3) is 0.765. The van der Waals surface area contributed by atoms with Gasteiger partial charge in [-0.25, -0.2) is 4.98 Å². The molecule has 23 heavy (non-hydrogen) atoms. The quantitative estimate of drug-likeness (QED) is 0.785. The average Bonchev–Trinajstić information content (AvgIpc) is 2.85. The predicted octanol–water partition coefficient (Wildman–Crippen LogP) is 2.36. The smallest absolute Gasteiger partial charge is 0.224 e. The Labute approximate surface area is 139 Å². The number of rotatable bonds is 6. The Balaban J connectivity index is 1.44. The summed E-state index contributed by atoms with van der Waals surface area (Å²) >= 11 is 0. The van der Waals surface area contributed by atoms with E-state index in [1.807, 2.05) is 12.3 Å². The minimum atomic E-state index is 0.564. The number of morpholine rings is 1. The summed E-state index contributed by atoms with van der Waals surface area (Å²) in [6.45, 7) is 5.60. The van der Waals surface area contributed by atoms with Gasteiger partial charge in [0.05, 0.1) is 13.2 Å². The van der Waals surface area contributed by atoms with Crippen molar-refractivity contribution in [1.82, 2.24) is 14.9 Å². The molecule has 0 amide bonds. The van der Waals surface area contributed by atoms with Crippen LogP contribution in [0.15, 0.2) is 12.3 Å². The van der Waals surface area contributed by atoms with Crippen LogP contribution in [0.25, 0.3) is 0 Å². The molecule has 3 rings (SSSR count). The summed E-state index contributed by atoms with van der Waals surface area (Å²) in [5.41, 5.74) is 0. The summed E-state index contributed by atoms with van der Waals surface area (Å²) in [6.07, 6.45) is 9.74. The number of ether oxygens (including phenoxy) is 1. The van der Waals surface area contributed by atoms with Crippen molar-refractivity contribution in [2.75, 3.05) is 50.0 Å². The summed E-state index contributed by atoms with van der Waals surface area (Å²) in [6, 6.07) is 2.53. The second-order valence-corrected chi connectivity index (χ2v) is 6.48. The molecule has 2 fully saturated rings. The molecule has 0 unspecified atom stereocenters. The molecule has 0 atom stereocenters. The molecule has 1 aliphatic carbocycles. The number of hydrogen-bond donors (Lipinski definition) is 2. The highest BCUT2D eigenvalue weighted by atomic mass is 16.5. The van der Waals surface area contributed by atoms with Gasteiger partial charge in [0, 0.05) is 38.4 Å². The van der Waals surface area contributed by atoms with Crippen molar-refractivity contribution in [3.8, 4) is 0 Å². The van der Waals surface area contributed by atoms with Crippen LogP contribution >= 0.6 is 0 Å². The van der Waals surface area contributed by atoms with Crippen LogP contribution in [0.5, 0.6) is 0 Å². The van der Waals surface area contributed by atoms with Gasteiger partial charge in [0.25, 0.3) is 0 Å². The first-order valence-corrected chi connectivity index (χ1v) is 9.04. The number of anilines is 2. The van der Waals surface area contributed by atoms with E-state index in [-0.39, 0.29) is 0 Å². The minimum Gasteiger partial charge on any atom is -0.379 e. The SMILES string of the molecule is c1cc(NC2CCCCCC2)nc(NCCN2CCOCC2)n1. The monoisotopic (exact) mass is 319 g/mol. The van der Waals surface area contributed by atoms with Gasteiger partial charge in [0.2, 0.25) is 5.95 Å². The van der Waals surface area contributed by atoms with Crippen molar-refractivity contribution in [2.45, 2.75) is 44.6 Å². The summed E-state index contributed by atoms with van der Waals surface area (Å²) < 4.78 is 5.37. The summed E-state index contributed by atoms with van der Waals surface area (Å²) in [7, 11) is 0. The first-order valence-electron chi connectivity index (χ1n) is 9.04. The first kappa shape index (κ1) is 16.5. The van der Waals surface area contributed by atoms with Crippen LogP contribution < -0.4 is 10.6 Å². The third kappa shape index (κ3) is 5.62. The normalized spacial score (nSPS) is 20.9. The van der Waals surface area contributed by atoms with Gasteiger partial charge in [0.1, 0.15) is 5.82 Å². The molecule has 128 valence electrons. The molecule has 0 spiro atoms. The summed E-state index contributed by atoms with van der Waals surface area (Å²) in [5.74, 6) is 1.66. The third-order valence-corrected chi connectivity index (χ3v) is 4.68. The number of aromatic nitrogens is 2. The second kappa shape index (κ2) is 9.03. The van der Waals surface area contributed by atoms with E-state index in [0.29, 0.717) is 6.04 Å². The van der Waals surface area contributed by atoms with Crippen LogP contribution in [-0.4, -0.2) is 60.3 Å². The van der Waals surface area contributed by atoms with Crippen LogP contribution in [0.3, 0.4) is 0 Å². The topological polar surface area (TPSA) is 62.3 Å². The van der Waals surface area contributed by atoms with E-state index in [9.17, 15) is 0 Å². The minimum absolute atomic E-state index is 0.564. The Morgan fingerprint density at radius 3 is 2.70 bits per heavy atom. The molecule has 2 N–H and O–H groups in total. The van der Waals surface area contributed by atoms with Gasteiger partial charge >= 0.3 is 0 Å². The molecule has 1 aromatic rings. The van der Waals surface area contributed by atoms with E-state index >= 15 is 0 Å². The van der Waals surface area contributed by atoms with Crippen LogP contribution in [-0.2, 0) is 4.74 Å². The van der Waals surface area contributed by atoms with Gasteiger partial charge in [-0.05, 0) is 18.9 Å². The average molecular weight is 319 g/mol. The van der Waals surface area contributed by atoms with E-state index in [4.69, 9.17) is 4.74 Å². The van der Waals surface area contributed by atoms with Gasteiger partial charge in [-0.15, -0.1) is 0 Å². The Morgan fingerprint density at radius 1 is 1.13 bits per heavy atom. The zero-order valence-electron chi connectivity index (χ0n) is 14.0. The fourth-order valence-electron chi connectivity index (χ4n) is 3.31. The number of nitrogens with one attached hydrogen (secondary N) is 2. The van der Waals surface area contributed by atoms with Crippen LogP contribution in [0.2, 0.25) is 0 Å². The molecule has 0 radical (unpaired) electrons. The Bertz CT molecular complexity index is 456.